The SMILES string of the molecule is CCF.CN1CCCC1=O. The van der Waals surface area contributed by atoms with E-state index < -0.39 is 0 Å². The van der Waals surface area contributed by atoms with Crippen LogP contribution >= 0.6 is 0 Å². The van der Waals surface area contributed by atoms with Gasteiger partial charge in [-0.05, 0) is 13.3 Å². The second kappa shape index (κ2) is 5.21. The largest absolute Gasteiger partial charge is 0.346 e. The van der Waals surface area contributed by atoms with Gasteiger partial charge in [0.25, 0.3) is 0 Å². The Kier molecular flexibility index (Phi) is 4.89. The molecule has 0 spiro atoms. The maximum atomic E-state index is 10.5. The maximum Gasteiger partial charge on any atom is 0.222 e. The Hall–Kier alpha value is -0.600. The van der Waals surface area contributed by atoms with Gasteiger partial charge in [-0.25, -0.2) is 0 Å². The number of halogens is 1. The van der Waals surface area contributed by atoms with Crippen molar-refractivity contribution in [3.05, 3.63) is 0 Å². The fraction of sp³-hybridized carbons (Fsp3) is 0.857. The van der Waals surface area contributed by atoms with E-state index in [0.717, 1.165) is 19.4 Å². The zero-order valence-electron chi connectivity index (χ0n) is 6.56. The molecule has 0 N–H and O–H groups in total. The van der Waals surface area contributed by atoms with Crippen LogP contribution < -0.4 is 0 Å². The van der Waals surface area contributed by atoms with Gasteiger partial charge >= 0.3 is 0 Å². The number of alkyl halides is 1. The van der Waals surface area contributed by atoms with E-state index in [1.54, 1.807) is 4.90 Å². The van der Waals surface area contributed by atoms with Crippen molar-refractivity contribution >= 4 is 5.91 Å². The van der Waals surface area contributed by atoms with Crippen LogP contribution in [-0.4, -0.2) is 31.1 Å². The summed E-state index contributed by atoms with van der Waals surface area (Å²) in [6.07, 6.45) is 1.81. The maximum absolute atomic E-state index is 10.5. The lowest BCUT2D eigenvalue weighted by Gasteiger charge is -2.03. The van der Waals surface area contributed by atoms with E-state index >= 15 is 0 Å². The Bertz CT molecular complexity index is 106. The van der Waals surface area contributed by atoms with Gasteiger partial charge in [-0.15, -0.1) is 0 Å². The highest BCUT2D eigenvalue weighted by Gasteiger charge is 2.14. The number of rotatable bonds is 0. The molecule has 0 aromatic heterocycles. The lowest BCUT2D eigenvalue weighted by atomic mass is 10.4. The van der Waals surface area contributed by atoms with Crippen LogP contribution in [0.15, 0.2) is 0 Å². The molecule has 0 aromatic carbocycles. The van der Waals surface area contributed by atoms with Crippen LogP contribution in [-0.2, 0) is 4.79 Å². The number of carbonyl (C=O) groups excluding carboxylic acids is 1. The van der Waals surface area contributed by atoms with Gasteiger partial charge in [-0.1, -0.05) is 0 Å². The zero-order chi connectivity index (χ0) is 7.98. The topological polar surface area (TPSA) is 20.3 Å². The van der Waals surface area contributed by atoms with Crippen molar-refractivity contribution in [2.45, 2.75) is 19.8 Å². The average molecular weight is 147 g/mol. The van der Waals surface area contributed by atoms with Crippen LogP contribution in [0.5, 0.6) is 0 Å². The van der Waals surface area contributed by atoms with E-state index in [0.29, 0.717) is 5.91 Å². The van der Waals surface area contributed by atoms with Gasteiger partial charge in [0, 0.05) is 20.0 Å². The van der Waals surface area contributed by atoms with Crippen molar-refractivity contribution in [3.63, 3.8) is 0 Å². The first-order chi connectivity index (χ1) is 4.72. The first-order valence-corrected chi connectivity index (χ1v) is 3.52. The number of carbonyl (C=O) groups is 1. The van der Waals surface area contributed by atoms with E-state index in [-0.39, 0.29) is 6.67 Å². The number of hydrogen-bond donors (Lipinski definition) is 0. The monoisotopic (exact) mass is 147 g/mol. The summed E-state index contributed by atoms with van der Waals surface area (Å²) in [4.78, 5) is 12.3. The summed E-state index contributed by atoms with van der Waals surface area (Å²) in [6, 6.07) is 0. The molecule has 0 unspecified atom stereocenters. The van der Waals surface area contributed by atoms with Gasteiger partial charge in [0.2, 0.25) is 5.91 Å². The van der Waals surface area contributed by atoms with Crippen molar-refractivity contribution < 1.29 is 9.18 Å². The van der Waals surface area contributed by atoms with E-state index in [9.17, 15) is 9.18 Å². The van der Waals surface area contributed by atoms with E-state index in [2.05, 4.69) is 0 Å². The third kappa shape index (κ3) is 3.43. The summed E-state index contributed by atoms with van der Waals surface area (Å²) >= 11 is 0. The standard InChI is InChI=1S/C5H9NO.C2H5F/c1-6-4-2-3-5(6)7;1-2-3/h2-4H2,1H3;2H2,1H3. The second-order valence-electron chi connectivity index (χ2n) is 2.19. The Morgan fingerprint density at radius 1 is 1.70 bits per heavy atom. The quantitative estimate of drug-likeness (QED) is 0.504. The van der Waals surface area contributed by atoms with Gasteiger partial charge in [-0.2, -0.15) is 0 Å². The minimum atomic E-state index is -0.250. The molecule has 1 rings (SSSR count). The number of amides is 1. The minimum Gasteiger partial charge on any atom is -0.346 e. The normalized spacial score (nSPS) is 16.7. The molecule has 0 atom stereocenters. The lowest BCUT2D eigenvalue weighted by Crippen LogP contribution is -2.17. The fourth-order valence-corrected chi connectivity index (χ4v) is 0.783. The van der Waals surface area contributed by atoms with Crippen LogP contribution in [0.2, 0.25) is 0 Å². The highest BCUT2D eigenvalue weighted by atomic mass is 19.1. The van der Waals surface area contributed by atoms with Crippen molar-refractivity contribution in [2.24, 2.45) is 0 Å². The molecule has 0 radical (unpaired) electrons. The Morgan fingerprint density at radius 2 is 2.20 bits per heavy atom. The first kappa shape index (κ1) is 9.40. The molecule has 1 saturated heterocycles. The van der Waals surface area contributed by atoms with Crippen LogP contribution in [0.3, 0.4) is 0 Å². The van der Waals surface area contributed by atoms with E-state index in [1.165, 1.54) is 6.92 Å². The molecule has 1 amide bonds. The summed E-state index contributed by atoms with van der Waals surface area (Å²) < 4.78 is 10.3. The van der Waals surface area contributed by atoms with Gasteiger partial charge in [0.05, 0.1) is 6.67 Å². The summed E-state index contributed by atoms with van der Waals surface area (Å²) in [7, 11) is 1.84. The Morgan fingerprint density at radius 3 is 2.30 bits per heavy atom. The molecule has 1 fully saturated rings. The smallest absolute Gasteiger partial charge is 0.222 e. The fourth-order valence-electron chi connectivity index (χ4n) is 0.783. The molecule has 3 heteroatoms. The van der Waals surface area contributed by atoms with Gasteiger partial charge < -0.3 is 4.90 Å². The van der Waals surface area contributed by atoms with Crippen molar-refractivity contribution in [3.8, 4) is 0 Å². The summed E-state index contributed by atoms with van der Waals surface area (Å²) in [5.74, 6) is 0.292. The second-order valence-corrected chi connectivity index (χ2v) is 2.19. The highest BCUT2D eigenvalue weighted by Crippen LogP contribution is 2.04. The molecule has 2 nitrogen and oxygen atoms in total. The van der Waals surface area contributed by atoms with Gasteiger partial charge in [0.15, 0.2) is 0 Å². The van der Waals surface area contributed by atoms with Crippen LogP contribution in [0.1, 0.15) is 19.8 Å². The average Bonchev–Trinajstić information content (AvgIpc) is 2.19. The lowest BCUT2D eigenvalue weighted by molar-refractivity contribution is -0.126. The molecule has 0 aliphatic carbocycles. The molecule has 10 heavy (non-hydrogen) atoms. The van der Waals surface area contributed by atoms with Gasteiger partial charge in [0.1, 0.15) is 0 Å². The predicted molar refractivity (Wildman–Crippen MR) is 38.5 cm³/mol. The first-order valence-electron chi connectivity index (χ1n) is 3.52. The zero-order valence-corrected chi connectivity index (χ0v) is 6.56. The molecule has 60 valence electrons. The third-order valence-electron chi connectivity index (χ3n) is 1.31. The van der Waals surface area contributed by atoms with Gasteiger partial charge in [-0.3, -0.25) is 9.18 Å². The highest BCUT2D eigenvalue weighted by molar-refractivity contribution is 5.77. The van der Waals surface area contributed by atoms with Crippen molar-refractivity contribution in [1.29, 1.82) is 0 Å². The molecule has 1 aliphatic heterocycles. The predicted octanol–water partition coefficient (Wildman–Crippen LogP) is 1.21. The molecule has 0 aromatic rings. The van der Waals surface area contributed by atoms with Crippen LogP contribution in [0.4, 0.5) is 4.39 Å². The molecule has 0 saturated carbocycles. The van der Waals surface area contributed by atoms with Crippen LogP contribution in [0.25, 0.3) is 0 Å². The summed E-state index contributed by atoms with van der Waals surface area (Å²) in [5.41, 5.74) is 0. The summed E-state index contributed by atoms with van der Waals surface area (Å²) in [5, 5.41) is 0. The summed E-state index contributed by atoms with van der Waals surface area (Å²) in [6.45, 7) is 2.17. The van der Waals surface area contributed by atoms with Crippen molar-refractivity contribution in [1.82, 2.24) is 4.90 Å². The molecule has 1 heterocycles. The Balaban J connectivity index is 0.000000236. The molecule has 0 bridgehead atoms. The third-order valence-corrected chi connectivity index (χ3v) is 1.31. The Labute approximate surface area is 61.0 Å². The van der Waals surface area contributed by atoms with Crippen LogP contribution in [0, 0.1) is 0 Å². The minimum absolute atomic E-state index is 0.250. The molecule has 1 aliphatic rings. The number of hydrogen-bond acceptors (Lipinski definition) is 1. The molecular formula is C7H14FNO. The van der Waals surface area contributed by atoms with E-state index in [4.69, 9.17) is 0 Å². The number of likely N-dealkylation sites (tertiary alicyclic amines) is 1. The van der Waals surface area contributed by atoms with Crippen molar-refractivity contribution in [2.75, 3.05) is 20.3 Å². The van der Waals surface area contributed by atoms with E-state index in [1.807, 2.05) is 7.05 Å². The number of nitrogens with zero attached hydrogens (tertiary/aromatic N) is 1. The molecular weight excluding hydrogens is 133 g/mol.